The number of phenolic OH excluding ortho intramolecular Hbond substituents is 1. The predicted octanol–water partition coefficient (Wildman–Crippen LogP) is -0.658. The topological polar surface area (TPSA) is 208 Å². The summed E-state index contributed by atoms with van der Waals surface area (Å²) in [4.78, 5) is 60.2. The van der Waals surface area contributed by atoms with Crippen molar-refractivity contribution in [1.82, 2.24) is 16.0 Å². The smallest absolute Gasteiger partial charge is 0.325 e. The Kier molecular flexibility index (Phi) is 11.0. The second kappa shape index (κ2) is 13.1. The molecule has 0 radical (unpaired) electrons. The standard InChI is InChI=1S/C22H32N4O8/c1-11(2)8-15(23)19(30)25-16(9-13-4-6-14(27)7-5-13)21(32)26-17(10-18(28)29)20(31)24-12(3)22(33)34/h4-7,11-12,15-17,27H,8-10,23H2,1-3H3,(H,24,31)(H,25,30)(H,26,32)(H,28,29)(H,33,34). The Labute approximate surface area is 196 Å². The lowest BCUT2D eigenvalue weighted by Crippen LogP contribution is -2.57. The average Bonchev–Trinajstić information content (AvgIpc) is 2.73. The van der Waals surface area contributed by atoms with Crippen molar-refractivity contribution >= 4 is 29.7 Å². The molecule has 12 nitrogen and oxygen atoms in total. The zero-order valence-electron chi connectivity index (χ0n) is 19.3. The number of aliphatic carboxylic acids is 2. The highest BCUT2D eigenvalue weighted by Gasteiger charge is 2.31. The highest BCUT2D eigenvalue weighted by molar-refractivity contribution is 5.95. The van der Waals surface area contributed by atoms with Gasteiger partial charge < -0.3 is 37.0 Å². The first-order chi connectivity index (χ1) is 15.8. The van der Waals surface area contributed by atoms with E-state index >= 15 is 0 Å². The summed E-state index contributed by atoms with van der Waals surface area (Å²) in [6.45, 7) is 4.94. The molecule has 0 fully saturated rings. The van der Waals surface area contributed by atoms with Crippen LogP contribution in [-0.2, 0) is 30.4 Å². The molecule has 0 aromatic heterocycles. The minimum absolute atomic E-state index is 0.00140. The molecule has 8 N–H and O–H groups in total. The van der Waals surface area contributed by atoms with Gasteiger partial charge in [-0.15, -0.1) is 0 Å². The quantitative estimate of drug-likeness (QED) is 0.191. The van der Waals surface area contributed by atoms with Gasteiger partial charge in [0, 0.05) is 6.42 Å². The van der Waals surface area contributed by atoms with E-state index in [9.17, 15) is 29.1 Å². The van der Waals surface area contributed by atoms with E-state index in [1.165, 1.54) is 31.2 Å². The largest absolute Gasteiger partial charge is 0.508 e. The fraction of sp³-hybridized carbons (Fsp3) is 0.500. The monoisotopic (exact) mass is 480 g/mol. The molecule has 0 heterocycles. The predicted molar refractivity (Wildman–Crippen MR) is 121 cm³/mol. The minimum Gasteiger partial charge on any atom is -0.508 e. The van der Waals surface area contributed by atoms with Crippen LogP contribution in [0.15, 0.2) is 24.3 Å². The number of hydrogen-bond donors (Lipinski definition) is 7. The normalized spacial score (nSPS) is 14.4. The Morgan fingerprint density at radius 1 is 0.853 bits per heavy atom. The lowest BCUT2D eigenvalue weighted by atomic mass is 10.0. The molecule has 34 heavy (non-hydrogen) atoms. The van der Waals surface area contributed by atoms with Crippen molar-refractivity contribution in [3.05, 3.63) is 29.8 Å². The maximum absolute atomic E-state index is 13.0. The first-order valence-corrected chi connectivity index (χ1v) is 10.7. The van der Waals surface area contributed by atoms with E-state index in [2.05, 4.69) is 16.0 Å². The van der Waals surface area contributed by atoms with Gasteiger partial charge in [-0.1, -0.05) is 26.0 Å². The van der Waals surface area contributed by atoms with Crippen molar-refractivity contribution in [1.29, 1.82) is 0 Å². The van der Waals surface area contributed by atoms with Crippen LogP contribution >= 0.6 is 0 Å². The second-order valence-electron chi connectivity index (χ2n) is 8.40. The number of rotatable bonds is 13. The summed E-state index contributed by atoms with van der Waals surface area (Å²) >= 11 is 0. The first kappa shape index (κ1) is 28.4. The van der Waals surface area contributed by atoms with Gasteiger partial charge in [0.25, 0.3) is 0 Å². The van der Waals surface area contributed by atoms with Crippen LogP contribution in [0.5, 0.6) is 5.75 Å². The SMILES string of the molecule is CC(C)CC(N)C(=O)NC(Cc1ccc(O)cc1)C(=O)NC(CC(=O)O)C(=O)NC(C)C(=O)O. The van der Waals surface area contributed by atoms with Crippen molar-refractivity contribution < 1.29 is 39.3 Å². The number of aromatic hydroxyl groups is 1. The molecule has 1 aromatic rings. The molecule has 1 aromatic carbocycles. The van der Waals surface area contributed by atoms with E-state index in [1.807, 2.05) is 13.8 Å². The Bertz CT molecular complexity index is 887. The van der Waals surface area contributed by atoms with Crippen molar-refractivity contribution in [2.24, 2.45) is 11.7 Å². The molecule has 12 heteroatoms. The second-order valence-corrected chi connectivity index (χ2v) is 8.40. The molecular weight excluding hydrogens is 448 g/mol. The molecule has 0 spiro atoms. The van der Waals surface area contributed by atoms with Crippen LogP contribution in [0, 0.1) is 5.92 Å². The number of carboxylic acids is 2. The fourth-order valence-corrected chi connectivity index (χ4v) is 3.00. The number of amides is 3. The number of carbonyl (C=O) groups is 5. The molecule has 188 valence electrons. The number of carbonyl (C=O) groups excluding carboxylic acids is 3. The third-order valence-corrected chi connectivity index (χ3v) is 4.81. The average molecular weight is 481 g/mol. The zero-order chi connectivity index (χ0) is 26.0. The molecule has 1 rings (SSSR count). The highest BCUT2D eigenvalue weighted by atomic mass is 16.4. The van der Waals surface area contributed by atoms with E-state index in [0.29, 0.717) is 12.0 Å². The summed E-state index contributed by atoms with van der Waals surface area (Å²) in [5, 5.41) is 34.5. The Morgan fingerprint density at radius 3 is 1.88 bits per heavy atom. The molecule has 4 atom stereocenters. The first-order valence-electron chi connectivity index (χ1n) is 10.7. The van der Waals surface area contributed by atoms with Crippen LogP contribution in [0.3, 0.4) is 0 Å². The number of benzene rings is 1. The van der Waals surface area contributed by atoms with Crippen molar-refractivity contribution in [3.8, 4) is 5.75 Å². The number of nitrogens with two attached hydrogens (primary N) is 1. The Morgan fingerprint density at radius 2 is 1.38 bits per heavy atom. The van der Waals surface area contributed by atoms with Crippen molar-refractivity contribution in [3.63, 3.8) is 0 Å². The molecule has 3 amide bonds. The molecule has 0 saturated carbocycles. The van der Waals surface area contributed by atoms with Crippen molar-refractivity contribution in [2.75, 3.05) is 0 Å². The fourth-order valence-electron chi connectivity index (χ4n) is 3.00. The summed E-state index contributed by atoms with van der Waals surface area (Å²) in [5.41, 5.74) is 6.47. The van der Waals surface area contributed by atoms with Gasteiger partial charge in [0.1, 0.15) is 23.9 Å². The number of nitrogens with one attached hydrogen (secondary N) is 3. The Hall–Kier alpha value is -3.67. The summed E-state index contributed by atoms with van der Waals surface area (Å²) < 4.78 is 0. The van der Waals surface area contributed by atoms with Crippen LogP contribution in [0.25, 0.3) is 0 Å². The maximum atomic E-state index is 13.0. The van der Waals surface area contributed by atoms with Crippen LogP contribution in [0.2, 0.25) is 0 Å². The van der Waals surface area contributed by atoms with E-state index < -0.39 is 60.2 Å². The molecule has 4 unspecified atom stereocenters. The number of phenols is 1. The van der Waals surface area contributed by atoms with Gasteiger partial charge in [-0.2, -0.15) is 0 Å². The maximum Gasteiger partial charge on any atom is 0.325 e. The van der Waals surface area contributed by atoms with Gasteiger partial charge >= 0.3 is 11.9 Å². The van der Waals surface area contributed by atoms with Gasteiger partial charge in [0.05, 0.1) is 12.5 Å². The van der Waals surface area contributed by atoms with E-state index in [1.54, 1.807) is 0 Å². The molecule has 0 aliphatic carbocycles. The third-order valence-electron chi connectivity index (χ3n) is 4.81. The third kappa shape index (κ3) is 9.86. The van der Waals surface area contributed by atoms with Gasteiger partial charge in [-0.3, -0.25) is 24.0 Å². The zero-order valence-corrected chi connectivity index (χ0v) is 19.3. The number of hydrogen-bond acceptors (Lipinski definition) is 7. The lowest BCUT2D eigenvalue weighted by Gasteiger charge is -2.24. The van der Waals surface area contributed by atoms with E-state index in [0.717, 1.165) is 0 Å². The summed E-state index contributed by atoms with van der Waals surface area (Å²) in [6.07, 6.45) is -0.494. The van der Waals surface area contributed by atoms with Gasteiger partial charge in [0.15, 0.2) is 0 Å². The van der Waals surface area contributed by atoms with E-state index in [4.69, 9.17) is 15.9 Å². The summed E-state index contributed by atoms with van der Waals surface area (Å²) in [7, 11) is 0. The van der Waals surface area contributed by atoms with Gasteiger partial charge in [-0.25, -0.2) is 0 Å². The lowest BCUT2D eigenvalue weighted by molar-refractivity contribution is -0.143. The van der Waals surface area contributed by atoms with Crippen LogP contribution < -0.4 is 21.7 Å². The minimum atomic E-state index is -1.59. The van der Waals surface area contributed by atoms with Crippen LogP contribution in [-0.4, -0.2) is 69.1 Å². The molecule has 0 bridgehead atoms. The Balaban J connectivity index is 3.10. The molecule has 0 aliphatic heterocycles. The van der Waals surface area contributed by atoms with Crippen molar-refractivity contribution in [2.45, 2.75) is 64.2 Å². The van der Waals surface area contributed by atoms with Crippen LogP contribution in [0.4, 0.5) is 0 Å². The molecular formula is C22H32N4O8. The summed E-state index contributed by atoms with van der Waals surface area (Å²) in [6, 6.07) is 0.825. The van der Waals surface area contributed by atoms with Gasteiger partial charge in [-0.05, 0) is 37.0 Å². The number of carboxylic acid groups (broad SMARTS) is 2. The molecule has 0 saturated heterocycles. The highest BCUT2D eigenvalue weighted by Crippen LogP contribution is 2.12. The summed E-state index contributed by atoms with van der Waals surface area (Å²) in [5.74, 6) is -5.10. The molecule has 0 aliphatic rings. The van der Waals surface area contributed by atoms with E-state index in [-0.39, 0.29) is 18.1 Å². The van der Waals surface area contributed by atoms with Crippen LogP contribution in [0.1, 0.15) is 39.2 Å². The van der Waals surface area contributed by atoms with Gasteiger partial charge in [0.2, 0.25) is 17.7 Å².